The Morgan fingerprint density at radius 2 is 2.10 bits per heavy atom. The Hall–Kier alpha value is 0.140. The molecule has 0 aromatic carbocycles. The fourth-order valence-electron chi connectivity index (χ4n) is 2.33. The van der Waals surface area contributed by atoms with E-state index in [4.69, 9.17) is 29.6 Å². The lowest BCUT2D eigenvalue weighted by atomic mass is 9.97. The van der Waals surface area contributed by atoms with E-state index in [0.717, 1.165) is 16.9 Å². The number of thiophene rings is 1. The molecule has 1 saturated heterocycles. The van der Waals surface area contributed by atoms with Crippen molar-refractivity contribution in [2.24, 2.45) is 5.73 Å². The van der Waals surface area contributed by atoms with Crippen LogP contribution in [0, 0.1) is 6.92 Å². The normalized spacial score (nSPS) is 19.6. The van der Waals surface area contributed by atoms with E-state index >= 15 is 0 Å². The fraction of sp³-hybridized carbons (Fsp3) is 0.583. The van der Waals surface area contributed by atoms with Gasteiger partial charge in [0.15, 0.2) is 0 Å². The second-order valence-corrected chi connectivity index (χ2v) is 10.4. The van der Waals surface area contributed by atoms with Gasteiger partial charge in [0.05, 0.1) is 14.1 Å². The molecule has 0 radical (unpaired) electrons. The molecule has 4 nitrogen and oxygen atoms in total. The molecule has 1 aliphatic heterocycles. The summed E-state index contributed by atoms with van der Waals surface area (Å²) in [6.07, 6.45) is 3.24. The summed E-state index contributed by atoms with van der Waals surface area (Å²) in [6, 6.07) is 1.63. The summed E-state index contributed by atoms with van der Waals surface area (Å²) in [7, 11) is -3.47. The van der Waals surface area contributed by atoms with Crippen LogP contribution < -0.4 is 5.73 Å². The Morgan fingerprint density at radius 1 is 1.52 bits per heavy atom. The molecule has 1 fully saturated rings. The molecular formula is C12H17ClN2O2S4. The highest BCUT2D eigenvalue weighted by Gasteiger charge is 2.40. The molecule has 2 N–H and O–H groups in total. The van der Waals surface area contributed by atoms with Crippen LogP contribution in [0.2, 0.25) is 4.34 Å². The Kier molecular flexibility index (Phi) is 5.27. The van der Waals surface area contributed by atoms with E-state index < -0.39 is 10.0 Å². The van der Waals surface area contributed by atoms with Gasteiger partial charge in [-0.2, -0.15) is 16.1 Å². The molecule has 9 heteroatoms. The van der Waals surface area contributed by atoms with Crippen molar-refractivity contribution < 1.29 is 8.42 Å². The highest BCUT2D eigenvalue weighted by molar-refractivity contribution is 8.02. The van der Waals surface area contributed by atoms with Crippen LogP contribution in [0.3, 0.4) is 0 Å². The fourth-order valence-corrected chi connectivity index (χ4v) is 6.88. The lowest BCUT2D eigenvalue weighted by molar-refractivity contribution is 0.333. The van der Waals surface area contributed by atoms with Crippen molar-refractivity contribution in [1.29, 1.82) is 0 Å². The molecular weight excluding hydrogens is 368 g/mol. The minimum absolute atomic E-state index is 0.287. The van der Waals surface area contributed by atoms with Gasteiger partial charge in [-0.3, -0.25) is 0 Å². The van der Waals surface area contributed by atoms with Gasteiger partial charge in [-0.15, -0.1) is 11.3 Å². The number of nitrogens with zero attached hydrogens (tertiary/aromatic N) is 1. The maximum absolute atomic E-state index is 12.6. The van der Waals surface area contributed by atoms with Crippen molar-refractivity contribution in [3.63, 3.8) is 0 Å². The number of halogens is 1. The average Bonchev–Trinajstić information content (AvgIpc) is 2.79. The molecule has 0 spiro atoms. The molecule has 0 amide bonds. The standard InChI is InChI=1S/C12H17ClN2O2S4/c1-8-7-9(20-10(8)13)21(16,17)15-5-3-12(19-2,4-6-15)11(14)18/h7H,3-6H2,1-2H3,(H2,14,18). The summed E-state index contributed by atoms with van der Waals surface area (Å²) in [6.45, 7) is 2.66. The molecule has 21 heavy (non-hydrogen) atoms. The van der Waals surface area contributed by atoms with E-state index in [1.165, 1.54) is 4.31 Å². The van der Waals surface area contributed by atoms with E-state index in [2.05, 4.69) is 0 Å². The molecule has 0 unspecified atom stereocenters. The van der Waals surface area contributed by atoms with Gasteiger partial charge < -0.3 is 5.73 Å². The highest BCUT2D eigenvalue weighted by Crippen LogP contribution is 2.38. The van der Waals surface area contributed by atoms with Gasteiger partial charge in [0.2, 0.25) is 0 Å². The lowest BCUT2D eigenvalue weighted by Crippen LogP contribution is -2.50. The number of piperidine rings is 1. The SMILES string of the molecule is CSC1(C(N)=S)CCN(S(=O)(=O)c2cc(C)c(Cl)s2)CC1. The highest BCUT2D eigenvalue weighted by atomic mass is 35.5. The van der Waals surface area contributed by atoms with Crippen LogP contribution in [0.4, 0.5) is 0 Å². The van der Waals surface area contributed by atoms with Gasteiger partial charge in [0.1, 0.15) is 4.21 Å². The predicted molar refractivity (Wildman–Crippen MR) is 95.1 cm³/mol. The van der Waals surface area contributed by atoms with Crippen LogP contribution in [0.1, 0.15) is 18.4 Å². The number of thiocarbonyl (C=S) groups is 1. The van der Waals surface area contributed by atoms with Gasteiger partial charge in [0, 0.05) is 13.1 Å². The number of rotatable bonds is 4. The summed E-state index contributed by atoms with van der Waals surface area (Å²) in [5, 5.41) is 0. The van der Waals surface area contributed by atoms with Gasteiger partial charge in [-0.25, -0.2) is 8.42 Å². The third-order valence-corrected chi connectivity index (χ3v) is 9.63. The topological polar surface area (TPSA) is 63.4 Å². The third kappa shape index (κ3) is 3.25. The van der Waals surface area contributed by atoms with E-state index in [9.17, 15) is 8.42 Å². The first kappa shape index (κ1) is 17.5. The van der Waals surface area contributed by atoms with Crippen molar-refractivity contribution in [1.82, 2.24) is 4.31 Å². The molecule has 1 aromatic rings. The number of thioether (sulfide) groups is 1. The van der Waals surface area contributed by atoms with Gasteiger partial charge >= 0.3 is 0 Å². The van der Waals surface area contributed by atoms with Gasteiger partial charge in [-0.1, -0.05) is 23.8 Å². The monoisotopic (exact) mass is 384 g/mol. The summed E-state index contributed by atoms with van der Waals surface area (Å²) in [4.78, 5) is 0.460. The van der Waals surface area contributed by atoms with Crippen molar-refractivity contribution >= 4 is 61.9 Å². The molecule has 1 aliphatic rings. The molecule has 0 atom stereocenters. The number of aryl methyl sites for hydroxylation is 1. The summed E-state index contributed by atoms with van der Waals surface area (Å²) in [5.41, 5.74) is 6.62. The quantitative estimate of drug-likeness (QED) is 0.808. The van der Waals surface area contributed by atoms with Crippen molar-refractivity contribution in [2.75, 3.05) is 19.3 Å². The summed E-state index contributed by atoms with van der Waals surface area (Å²) < 4.78 is 27.3. The molecule has 118 valence electrons. The van der Waals surface area contributed by atoms with E-state index in [0.29, 0.717) is 39.5 Å². The summed E-state index contributed by atoms with van der Waals surface area (Å²) in [5.74, 6) is 0. The van der Waals surface area contributed by atoms with Crippen molar-refractivity contribution in [3.05, 3.63) is 16.0 Å². The number of nitrogens with two attached hydrogens (primary N) is 1. The van der Waals surface area contributed by atoms with E-state index in [1.807, 2.05) is 6.26 Å². The van der Waals surface area contributed by atoms with Crippen LogP contribution in [0.15, 0.2) is 10.3 Å². The molecule has 0 bridgehead atoms. The Balaban J connectivity index is 2.20. The number of sulfonamides is 1. The van der Waals surface area contributed by atoms with Crippen LogP contribution in [0.25, 0.3) is 0 Å². The molecule has 1 aromatic heterocycles. The first-order chi connectivity index (χ1) is 9.73. The number of hydrogen-bond acceptors (Lipinski definition) is 5. The molecule has 2 heterocycles. The third-order valence-electron chi connectivity index (χ3n) is 3.80. The van der Waals surface area contributed by atoms with Crippen LogP contribution in [-0.4, -0.2) is 41.8 Å². The van der Waals surface area contributed by atoms with Crippen LogP contribution >= 0.6 is 46.9 Å². The van der Waals surface area contributed by atoms with Gasteiger partial charge in [-0.05, 0) is 37.7 Å². The van der Waals surface area contributed by atoms with Gasteiger partial charge in [0.25, 0.3) is 10.0 Å². The zero-order valence-corrected chi connectivity index (χ0v) is 15.8. The first-order valence-electron chi connectivity index (χ1n) is 6.34. The predicted octanol–water partition coefficient (Wildman–Crippen LogP) is 2.88. The maximum Gasteiger partial charge on any atom is 0.252 e. The lowest BCUT2D eigenvalue weighted by Gasteiger charge is -2.39. The van der Waals surface area contributed by atoms with Crippen LogP contribution in [-0.2, 0) is 10.0 Å². The number of hydrogen-bond donors (Lipinski definition) is 1. The second kappa shape index (κ2) is 6.33. The zero-order chi connectivity index (χ0) is 15.8. The molecule has 0 saturated carbocycles. The Labute approximate surface area is 144 Å². The van der Waals surface area contributed by atoms with E-state index in [-0.39, 0.29) is 4.75 Å². The Morgan fingerprint density at radius 3 is 2.48 bits per heavy atom. The molecule has 0 aliphatic carbocycles. The zero-order valence-electron chi connectivity index (χ0n) is 11.8. The first-order valence-corrected chi connectivity index (χ1v) is 10.6. The van der Waals surface area contributed by atoms with Crippen molar-refractivity contribution in [3.8, 4) is 0 Å². The Bertz CT molecular complexity index is 629. The van der Waals surface area contributed by atoms with Crippen molar-refractivity contribution in [2.45, 2.75) is 28.7 Å². The van der Waals surface area contributed by atoms with Crippen LogP contribution in [0.5, 0.6) is 0 Å². The molecule has 2 rings (SSSR count). The maximum atomic E-state index is 12.6. The average molecular weight is 385 g/mol. The summed E-state index contributed by atoms with van der Waals surface area (Å²) >= 11 is 13.8. The minimum Gasteiger partial charge on any atom is -0.392 e. The second-order valence-electron chi connectivity index (χ2n) is 4.99. The minimum atomic E-state index is -3.47. The van der Waals surface area contributed by atoms with E-state index in [1.54, 1.807) is 24.8 Å². The largest absolute Gasteiger partial charge is 0.392 e. The smallest absolute Gasteiger partial charge is 0.252 e.